The van der Waals surface area contributed by atoms with Gasteiger partial charge in [-0.2, -0.15) is 11.8 Å². The third-order valence-electron chi connectivity index (χ3n) is 1.80. The summed E-state index contributed by atoms with van der Waals surface area (Å²) >= 11 is 7.39. The summed E-state index contributed by atoms with van der Waals surface area (Å²) in [4.78, 5) is 3.76. The summed E-state index contributed by atoms with van der Waals surface area (Å²) in [5.74, 6) is 1.48. The van der Waals surface area contributed by atoms with Gasteiger partial charge >= 0.3 is 0 Å². The first kappa shape index (κ1) is 14.5. The SMILES string of the molecule is C=CCSCCNS(=O)(=O)c1cnccc1Cl. The molecule has 0 spiro atoms. The maximum absolute atomic E-state index is 11.8. The van der Waals surface area contributed by atoms with E-state index in [9.17, 15) is 8.42 Å². The fourth-order valence-electron chi connectivity index (χ4n) is 1.05. The van der Waals surface area contributed by atoms with Crippen molar-refractivity contribution in [2.45, 2.75) is 4.90 Å². The Bertz CT molecular complexity index is 477. The van der Waals surface area contributed by atoms with Gasteiger partial charge in [0.05, 0.1) is 5.02 Å². The molecule has 0 aliphatic heterocycles. The van der Waals surface area contributed by atoms with E-state index in [1.165, 1.54) is 18.5 Å². The summed E-state index contributed by atoms with van der Waals surface area (Å²) in [5.41, 5.74) is 0. The van der Waals surface area contributed by atoms with E-state index in [1.807, 2.05) is 0 Å². The van der Waals surface area contributed by atoms with Crippen LogP contribution >= 0.6 is 23.4 Å². The van der Waals surface area contributed by atoms with Crippen LogP contribution in [0.1, 0.15) is 0 Å². The van der Waals surface area contributed by atoms with Gasteiger partial charge in [0, 0.05) is 30.4 Å². The molecular weight excluding hydrogens is 280 g/mol. The Morgan fingerprint density at radius 3 is 3.00 bits per heavy atom. The Labute approximate surface area is 111 Å². The van der Waals surface area contributed by atoms with Crippen LogP contribution < -0.4 is 4.72 Å². The molecule has 17 heavy (non-hydrogen) atoms. The first-order valence-corrected chi connectivity index (χ1v) is 7.87. The number of hydrogen-bond donors (Lipinski definition) is 1. The van der Waals surface area contributed by atoms with Crippen molar-refractivity contribution in [3.8, 4) is 0 Å². The van der Waals surface area contributed by atoms with Crippen LogP contribution in [-0.2, 0) is 10.0 Å². The van der Waals surface area contributed by atoms with Crippen LogP contribution in [0, 0.1) is 0 Å². The van der Waals surface area contributed by atoms with Crippen LogP contribution in [0.5, 0.6) is 0 Å². The van der Waals surface area contributed by atoms with Crippen LogP contribution in [0.25, 0.3) is 0 Å². The Morgan fingerprint density at radius 1 is 1.59 bits per heavy atom. The van der Waals surface area contributed by atoms with Crippen molar-refractivity contribution >= 4 is 33.4 Å². The molecule has 0 fully saturated rings. The van der Waals surface area contributed by atoms with E-state index in [0.29, 0.717) is 12.3 Å². The van der Waals surface area contributed by atoms with Gasteiger partial charge in [-0.15, -0.1) is 6.58 Å². The Morgan fingerprint density at radius 2 is 2.35 bits per heavy atom. The summed E-state index contributed by atoms with van der Waals surface area (Å²) < 4.78 is 26.1. The average molecular weight is 293 g/mol. The van der Waals surface area contributed by atoms with Gasteiger partial charge in [0.2, 0.25) is 10.0 Å². The Kier molecular flexibility index (Phi) is 5.97. The molecule has 1 N–H and O–H groups in total. The van der Waals surface area contributed by atoms with Crippen molar-refractivity contribution in [3.63, 3.8) is 0 Å². The van der Waals surface area contributed by atoms with Crippen LogP contribution in [-0.4, -0.2) is 31.5 Å². The monoisotopic (exact) mass is 292 g/mol. The van der Waals surface area contributed by atoms with E-state index >= 15 is 0 Å². The minimum atomic E-state index is -3.56. The van der Waals surface area contributed by atoms with Gasteiger partial charge < -0.3 is 0 Å². The van der Waals surface area contributed by atoms with E-state index in [2.05, 4.69) is 16.3 Å². The molecule has 0 amide bonds. The van der Waals surface area contributed by atoms with E-state index in [1.54, 1.807) is 17.8 Å². The molecule has 0 radical (unpaired) electrons. The highest BCUT2D eigenvalue weighted by molar-refractivity contribution is 7.99. The van der Waals surface area contributed by atoms with Gasteiger partial charge in [-0.25, -0.2) is 13.1 Å². The van der Waals surface area contributed by atoms with Crippen LogP contribution in [0.15, 0.2) is 36.0 Å². The number of thioether (sulfide) groups is 1. The quantitative estimate of drug-likeness (QED) is 0.616. The molecule has 0 aliphatic rings. The number of hydrogen-bond acceptors (Lipinski definition) is 4. The van der Waals surface area contributed by atoms with Gasteiger partial charge in [0.15, 0.2) is 0 Å². The molecule has 1 heterocycles. The van der Waals surface area contributed by atoms with Gasteiger partial charge in [0.25, 0.3) is 0 Å². The smallest absolute Gasteiger partial charge is 0.243 e. The zero-order valence-electron chi connectivity index (χ0n) is 9.10. The molecule has 1 aromatic heterocycles. The third kappa shape index (κ3) is 4.67. The number of rotatable bonds is 7. The predicted octanol–water partition coefficient (Wildman–Crippen LogP) is 1.93. The standard InChI is InChI=1S/C10H13ClN2O2S2/c1-2-6-16-7-5-13-17(14,15)10-8-12-4-3-9(10)11/h2-4,8,13H,1,5-7H2. The minimum Gasteiger partial charge on any atom is -0.263 e. The number of aromatic nitrogens is 1. The predicted molar refractivity (Wildman–Crippen MR) is 72.0 cm³/mol. The molecule has 1 aromatic rings. The zero-order chi connectivity index (χ0) is 12.7. The first-order valence-electron chi connectivity index (χ1n) is 4.86. The summed E-state index contributed by atoms with van der Waals surface area (Å²) in [6, 6.07) is 1.45. The van der Waals surface area contributed by atoms with E-state index in [4.69, 9.17) is 11.6 Å². The molecule has 0 aromatic carbocycles. The lowest BCUT2D eigenvalue weighted by Crippen LogP contribution is -2.26. The number of nitrogens with one attached hydrogen (secondary N) is 1. The zero-order valence-corrected chi connectivity index (χ0v) is 11.5. The Hall–Kier alpha value is -0.560. The largest absolute Gasteiger partial charge is 0.263 e. The first-order chi connectivity index (χ1) is 8.08. The molecule has 0 saturated carbocycles. The molecule has 0 aliphatic carbocycles. The lowest BCUT2D eigenvalue weighted by molar-refractivity contribution is 0.584. The molecule has 0 unspecified atom stereocenters. The van der Waals surface area contributed by atoms with Crippen LogP contribution in [0.3, 0.4) is 0 Å². The molecule has 94 valence electrons. The maximum atomic E-state index is 11.8. The fourth-order valence-corrected chi connectivity index (χ4v) is 3.22. The van der Waals surface area contributed by atoms with Crippen LogP contribution in [0.4, 0.5) is 0 Å². The summed E-state index contributed by atoms with van der Waals surface area (Å²) in [6.45, 7) is 3.93. The second-order valence-corrected chi connectivity index (χ2v) is 6.36. The van der Waals surface area contributed by atoms with Crippen LogP contribution in [0.2, 0.25) is 5.02 Å². The lowest BCUT2D eigenvalue weighted by Gasteiger charge is -2.07. The second-order valence-electron chi connectivity index (χ2n) is 3.07. The summed E-state index contributed by atoms with van der Waals surface area (Å²) in [6.07, 6.45) is 4.46. The molecule has 4 nitrogen and oxygen atoms in total. The normalized spacial score (nSPS) is 11.4. The fraction of sp³-hybridized carbons (Fsp3) is 0.300. The van der Waals surface area contributed by atoms with E-state index < -0.39 is 10.0 Å². The highest BCUT2D eigenvalue weighted by atomic mass is 35.5. The highest BCUT2D eigenvalue weighted by Gasteiger charge is 2.16. The molecule has 0 saturated heterocycles. The maximum Gasteiger partial charge on any atom is 0.243 e. The molecular formula is C10H13ClN2O2S2. The Balaban J connectivity index is 2.58. The summed E-state index contributed by atoms with van der Waals surface area (Å²) in [5, 5.41) is 0.172. The topological polar surface area (TPSA) is 59.1 Å². The molecule has 0 atom stereocenters. The molecule has 1 rings (SSSR count). The third-order valence-corrected chi connectivity index (χ3v) is 4.69. The average Bonchev–Trinajstić information content (AvgIpc) is 2.29. The van der Waals surface area contributed by atoms with Crippen molar-refractivity contribution in [2.24, 2.45) is 0 Å². The molecule has 7 heteroatoms. The summed E-state index contributed by atoms with van der Waals surface area (Å²) in [7, 11) is -3.56. The van der Waals surface area contributed by atoms with E-state index in [-0.39, 0.29) is 9.92 Å². The number of halogens is 1. The van der Waals surface area contributed by atoms with Crippen molar-refractivity contribution in [1.82, 2.24) is 9.71 Å². The highest BCUT2D eigenvalue weighted by Crippen LogP contribution is 2.18. The number of nitrogens with zero attached hydrogens (tertiary/aromatic N) is 1. The van der Waals surface area contributed by atoms with Crippen molar-refractivity contribution in [1.29, 1.82) is 0 Å². The molecule has 0 bridgehead atoms. The van der Waals surface area contributed by atoms with E-state index in [0.717, 1.165) is 5.75 Å². The van der Waals surface area contributed by atoms with Gasteiger partial charge in [-0.3, -0.25) is 4.98 Å². The van der Waals surface area contributed by atoms with Crippen molar-refractivity contribution in [3.05, 3.63) is 36.1 Å². The minimum absolute atomic E-state index is 0.00962. The van der Waals surface area contributed by atoms with Gasteiger partial charge in [-0.1, -0.05) is 17.7 Å². The van der Waals surface area contributed by atoms with Gasteiger partial charge in [-0.05, 0) is 6.07 Å². The number of sulfonamides is 1. The van der Waals surface area contributed by atoms with Crippen molar-refractivity contribution in [2.75, 3.05) is 18.1 Å². The number of pyridine rings is 1. The van der Waals surface area contributed by atoms with Gasteiger partial charge in [0.1, 0.15) is 4.90 Å². The second kappa shape index (κ2) is 7.00. The van der Waals surface area contributed by atoms with Crippen molar-refractivity contribution < 1.29 is 8.42 Å². The lowest BCUT2D eigenvalue weighted by atomic mass is 10.5.